The van der Waals surface area contributed by atoms with E-state index in [0.29, 0.717) is 0 Å². The summed E-state index contributed by atoms with van der Waals surface area (Å²) in [6, 6.07) is 9.49. The summed E-state index contributed by atoms with van der Waals surface area (Å²) < 4.78 is 0. The molecule has 2 aromatic carbocycles. The van der Waals surface area contributed by atoms with Crippen molar-refractivity contribution >= 4 is 52.8 Å². The number of phenols is 1. The number of amides is 4. The summed E-state index contributed by atoms with van der Waals surface area (Å²) in [6.45, 7) is 0. The van der Waals surface area contributed by atoms with Gasteiger partial charge in [0.25, 0.3) is 11.8 Å². The maximum absolute atomic E-state index is 12.7. The van der Waals surface area contributed by atoms with Crippen molar-refractivity contribution < 1.29 is 19.5 Å². The van der Waals surface area contributed by atoms with Gasteiger partial charge in [0.2, 0.25) is 0 Å². The average molecular weight is 377 g/mol. The van der Waals surface area contributed by atoms with Crippen LogP contribution in [0.5, 0.6) is 5.75 Å². The number of phenolic OH excluding ortho intramolecular Hbond substituents is 1. The summed E-state index contributed by atoms with van der Waals surface area (Å²) in [5.41, 5.74) is 0.129. The molecule has 1 saturated heterocycles. The molecule has 126 valence electrons. The monoisotopic (exact) mass is 376 g/mol. The zero-order chi connectivity index (χ0) is 18.1. The largest absolute Gasteiger partial charge is 0.507 e. The first-order chi connectivity index (χ1) is 11.9. The van der Waals surface area contributed by atoms with Gasteiger partial charge >= 0.3 is 6.03 Å². The van der Waals surface area contributed by atoms with Gasteiger partial charge in [-0.25, -0.2) is 9.69 Å². The van der Waals surface area contributed by atoms with E-state index in [1.165, 1.54) is 36.4 Å². The molecule has 1 aliphatic rings. The Labute approximate surface area is 152 Å². The maximum atomic E-state index is 12.7. The van der Waals surface area contributed by atoms with Crippen LogP contribution in [-0.4, -0.2) is 23.0 Å². The van der Waals surface area contributed by atoms with Gasteiger partial charge in [-0.15, -0.1) is 0 Å². The van der Waals surface area contributed by atoms with Crippen LogP contribution < -0.4 is 10.2 Å². The molecule has 25 heavy (non-hydrogen) atoms. The number of barbiturate groups is 1. The minimum absolute atomic E-state index is 0.103. The van der Waals surface area contributed by atoms with E-state index in [1.54, 1.807) is 12.1 Å². The van der Waals surface area contributed by atoms with Crippen LogP contribution in [0.15, 0.2) is 48.0 Å². The molecule has 0 radical (unpaired) electrons. The lowest BCUT2D eigenvalue weighted by Crippen LogP contribution is -2.54. The first kappa shape index (κ1) is 17.0. The Morgan fingerprint density at radius 3 is 2.40 bits per heavy atom. The van der Waals surface area contributed by atoms with Gasteiger partial charge in [-0.2, -0.15) is 0 Å². The fourth-order valence-corrected chi connectivity index (χ4v) is 2.57. The molecule has 0 bridgehead atoms. The van der Waals surface area contributed by atoms with Crippen LogP contribution in [0, 0.1) is 0 Å². The number of aromatic hydroxyl groups is 1. The number of nitrogens with one attached hydrogen (secondary N) is 1. The molecule has 6 nitrogen and oxygen atoms in total. The Hall–Kier alpha value is -2.83. The molecule has 4 amide bonds. The molecule has 1 aliphatic heterocycles. The number of halogens is 2. The van der Waals surface area contributed by atoms with Crippen molar-refractivity contribution in [3.05, 3.63) is 63.6 Å². The third-order valence-electron chi connectivity index (χ3n) is 3.50. The minimum atomic E-state index is -0.900. The summed E-state index contributed by atoms with van der Waals surface area (Å²) in [6.07, 6.45) is 1.21. The smallest absolute Gasteiger partial charge is 0.335 e. The number of imide groups is 2. The Balaban J connectivity index is 2.05. The van der Waals surface area contributed by atoms with Crippen LogP contribution in [0.3, 0.4) is 0 Å². The Morgan fingerprint density at radius 2 is 1.72 bits per heavy atom. The lowest BCUT2D eigenvalue weighted by atomic mass is 10.1. The van der Waals surface area contributed by atoms with Crippen LogP contribution in [0.25, 0.3) is 6.08 Å². The molecular weight excluding hydrogens is 367 g/mol. The van der Waals surface area contributed by atoms with E-state index in [1.807, 2.05) is 0 Å². The second-order valence-electron chi connectivity index (χ2n) is 5.12. The number of rotatable bonds is 2. The van der Waals surface area contributed by atoms with Crippen LogP contribution >= 0.6 is 23.2 Å². The molecular formula is C17H10Cl2N2O4. The van der Waals surface area contributed by atoms with E-state index < -0.39 is 17.8 Å². The number of carbonyl (C=O) groups excluding carboxylic acids is 3. The van der Waals surface area contributed by atoms with Gasteiger partial charge in [0.1, 0.15) is 11.3 Å². The number of urea groups is 1. The minimum Gasteiger partial charge on any atom is -0.507 e. The number of hydrogen-bond acceptors (Lipinski definition) is 4. The summed E-state index contributed by atoms with van der Waals surface area (Å²) >= 11 is 11.8. The number of anilines is 1. The number of para-hydroxylation sites is 1. The molecule has 1 fully saturated rings. The third kappa shape index (κ3) is 3.22. The van der Waals surface area contributed by atoms with Crippen molar-refractivity contribution in [1.29, 1.82) is 0 Å². The van der Waals surface area contributed by atoms with Crippen molar-refractivity contribution in [2.24, 2.45) is 0 Å². The third-order valence-corrected chi connectivity index (χ3v) is 4.24. The second-order valence-corrected chi connectivity index (χ2v) is 5.93. The molecule has 0 spiro atoms. The van der Waals surface area contributed by atoms with Crippen LogP contribution in [0.4, 0.5) is 10.5 Å². The topological polar surface area (TPSA) is 86.7 Å². The lowest BCUT2D eigenvalue weighted by molar-refractivity contribution is -0.122. The van der Waals surface area contributed by atoms with E-state index in [9.17, 15) is 19.5 Å². The summed E-state index contributed by atoms with van der Waals surface area (Å²) in [5.74, 6) is -1.79. The predicted octanol–water partition coefficient (Wildman–Crippen LogP) is 3.37. The van der Waals surface area contributed by atoms with Crippen LogP contribution in [-0.2, 0) is 9.59 Å². The fourth-order valence-electron chi connectivity index (χ4n) is 2.28. The van der Waals surface area contributed by atoms with Gasteiger partial charge in [-0.05, 0) is 30.3 Å². The highest BCUT2D eigenvalue weighted by Gasteiger charge is 2.37. The number of benzene rings is 2. The molecule has 8 heteroatoms. The highest BCUT2D eigenvalue weighted by molar-refractivity contribution is 6.43. The highest BCUT2D eigenvalue weighted by atomic mass is 35.5. The molecule has 0 aliphatic carbocycles. The number of nitrogens with zero attached hydrogens (tertiary/aromatic N) is 1. The van der Waals surface area contributed by atoms with Crippen molar-refractivity contribution in [3.8, 4) is 5.75 Å². The average Bonchev–Trinajstić information content (AvgIpc) is 2.56. The predicted molar refractivity (Wildman–Crippen MR) is 93.6 cm³/mol. The Morgan fingerprint density at radius 1 is 1.00 bits per heavy atom. The van der Waals surface area contributed by atoms with E-state index in [-0.39, 0.29) is 32.6 Å². The molecule has 1 heterocycles. The van der Waals surface area contributed by atoms with E-state index in [2.05, 4.69) is 5.32 Å². The first-order valence-electron chi connectivity index (χ1n) is 7.03. The van der Waals surface area contributed by atoms with Crippen molar-refractivity contribution in [2.45, 2.75) is 0 Å². The first-order valence-corrected chi connectivity index (χ1v) is 7.78. The van der Waals surface area contributed by atoms with E-state index in [0.717, 1.165) is 4.90 Å². The molecule has 0 atom stereocenters. The quantitative estimate of drug-likeness (QED) is 0.621. The van der Waals surface area contributed by atoms with Gasteiger partial charge in [0.15, 0.2) is 0 Å². The molecule has 0 aromatic heterocycles. The molecule has 0 unspecified atom stereocenters. The van der Waals surface area contributed by atoms with Crippen molar-refractivity contribution in [1.82, 2.24) is 5.32 Å². The Bertz CT molecular complexity index is 940. The van der Waals surface area contributed by atoms with E-state index in [4.69, 9.17) is 23.2 Å². The molecule has 0 saturated carbocycles. The number of carbonyl (C=O) groups is 3. The summed E-state index contributed by atoms with van der Waals surface area (Å²) in [4.78, 5) is 37.6. The van der Waals surface area contributed by atoms with Gasteiger partial charge in [-0.3, -0.25) is 14.9 Å². The van der Waals surface area contributed by atoms with Gasteiger partial charge in [0.05, 0.1) is 15.7 Å². The standard InChI is InChI=1S/C17H10Cl2N2O4/c18-12-6-5-10(8-13(12)19)21-16(24)11(15(23)20-17(21)25)7-9-3-1-2-4-14(9)22/h1-8,22H,(H,20,23,25)/b11-7+. The fraction of sp³-hybridized carbons (Fsp3) is 0. The molecule has 3 rings (SSSR count). The lowest BCUT2D eigenvalue weighted by Gasteiger charge is -2.26. The zero-order valence-corrected chi connectivity index (χ0v) is 14.0. The Kier molecular flexibility index (Phi) is 4.48. The van der Waals surface area contributed by atoms with Crippen molar-refractivity contribution in [2.75, 3.05) is 4.90 Å². The van der Waals surface area contributed by atoms with Gasteiger partial charge in [0, 0.05) is 5.56 Å². The summed E-state index contributed by atoms with van der Waals surface area (Å²) in [7, 11) is 0. The maximum Gasteiger partial charge on any atom is 0.335 e. The zero-order valence-electron chi connectivity index (χ0n) is 12.5. The second kappa shape index (κ2) is 6.58. The van der Waals surface area contributed by atoms with E-state index >= 15 is 0 Å². The van der Waals surface area contributed by atoms with Gasteiger partial charge < -0.3 is 5.11 Å². The van der Waals surface area contributed by atoms with Crippen molar-refractivity contribution in [3.63, 3.8) is 0 Å². The summed E-state index contributed by atoms with van der Waals surface area (Å²) in [5, 5.41) is 12.3. The highest BCUT2D eigenvalue weighted by Crippen LogP contribution is 2.30. The van der Waals surface area contributed by atoms with Gasteiger partial charge in [-0.1, -0.05) is 41.4 Å². The normalized spacial score (nSPS) is 16.3. The SMILES string of the molecule is O=C1NC(=O)N(c2ccc(Cl)c(Cl)c2)C(=O)/C1=C/c1ccccc1O. The van der Waals surface area contributed by atoms with Crippen LogP contribution in [0.1, 0.15) is 5.56 Å². The number of hydrogen-bond donors (Lipinski definition) is 2. The molecule has 2 aromatic rings. The van der Waals surface area contributed by atoms with Crippen LogP contribution in [0.2, 0.25) is 10.0 Å². The molecule has 2 N–H and O–H groups in total.